The van der Waals surface area contributed by atoms with Gasteiger partial charge in [-0.25, -0.2) is 9.59 Å². The highest BCUT2D eigenvalue weighted by atomic mass is 16.7. The monoisotopic (exact) mass is 855 g/mol. The fraction of sp³-hybridized carbons (Fsp3) is 0.667. The quantitative estimate of drug-likeness (QED) is 0.0427. The predicted molar refractivity (Wildman–Crippen MR) is 211 cm³/mol. The summed E-state index contributed by atoms with van der Waals surface area (Å²) in [6.07, 6.45) is -9.57. The van der Waals surface area contributed by atoms with Gasteiger partial charge in [0.15, 0.2) is 6.10 Å². The lowest BCUT2D eigenvalue weighted by Crippen LogP contribution is -2.61. The third-order valence-corrected chi connectivity index (χ3v) is 9.06. The third kappa shape index (κ3) is 17.3. The number of ether oxygens (including phenoxy) is 5. The van der Waals surface area contributed by atoms with Crippen LogP contribution in [0.1, 0.15) is 72.8 Å². The number of aliphatic hydroxyl groups excluding tert-OH is 3. The van der Waals surface area contributed by atoms with Crippen molar-refractivity contribution in [2.45, 2.75) is 117 Å². The Balaban J connectivity index is 2.25. The zero-order valence-electron chi connectivity index (χ0n) is 34.8. The Morgan fingerprint density at radius 1 is 0.817 bits per heavy atom. The maximum absolute atomic E-state index is 13.9. The summed E-state index contributed by atoms with van der Waals surface area (Å²) in [5, 5.41) is 51.0. The molecule has 0 radical (unpaired) electrons. The van der Waals surface area contributed by atoms with E-state index >= 15 is 0 Å². The SMILES string of the molecule is CC(C)C(=O)CCOCCOCCC(=O)N[C@H](C(=O)N[C@@H](CCCNC(N)=O)C(=O)Nc1ccc(COC(=O)C(C)C)cc1O[C@@H]1O[C@H](C(=O)O)[C@@H](O)[C@H](O)[C@H]1O)C(C)C. The number of carbonyl (C=O) groups excluding carboxylic acids is 6. The first-order chi connectivity index (χ1) is 28.2. The van der Waals surface area contributed by atoms with Gasteiger partial charge in [0, 0.05) is 25.3 Å². The number of hydrogen-bond acceptors (Lipinski definition) is 15. The minimum absolute atomic E-state index is 0.0211. The smallest absolute Gasteiger partial charge is 0.335 e. The molecule has 338 valence electrons. The second-order valence-electron chi connectivity index (χ2n) is 15.1. The van der Waals surface area contributed by atoms with E-state index in [9.17, 15) is 54.0 Å². The van der Waals surface area contributed by atoms with E-state index in [1.165, 1.54) is 18.2 Å². The number of esters is 1. The molecule has 2 rings (SSSR count). The van der Waals surface area contributed by atoms with E-state index in [2.05, 4.69) is 21.3 Å². The van der Waals surface area contributed by atoms with Gasteiger partial charge in [0.25, 0.3) is 0 Å². The third-order valence-electron chi connectivity index (χ3n) is 9.06. The van der Waals surface area contributed by atoms with Crippen LogP contribution in [0.15, 0.2) is 18.2 Å². The lowest BCUT2D eigenvalue weighted by Gasteiger charge is -2.38. The van der Waals surface area contributed by atoms with Gasteiger partial charge in [0.1, 0.15) is 48.5 Å². The van der Waals surface area contributed by atoms with Crippen LogP contribution in [0.25, 0.3) is 0 Å². The number of ketones is 1. The topological polar surface area (TPSA) is 321 Å². The molecular weight excluding hydrogens is 794 g/mol. The van der Waals surface area contributed by atoms with Gasteiger partial charge in [-0.05, 0) is 36.5 Å². The van der Waals surface area contributed by atoms with Crippen LogP contribution in [-0.2, 0) is 54.3 Å². The molecular formula is C39H61N5O16. The van der Waals surface area contributed by atoms with Crippen LogP contribution >= 0.6 is 0 Å². The van der Waals surface area contributed by atoms with E-state index in [4.69, 9.17) is 29.4 Å². The summed E-state index contributed by atoms with van der Waals surface area (Å²) in [6.45, 7) is 10.7. The molecule has 0 aliphatic carbocycles. The summed E-state index contributed by atoms with van der Waals surface area (Å²) in [4.78, 5) is 87.3. The fourth-order valence-corrected chi connectivity index (χ4v) is 5.45. The minimum atomic E-state index is -2.01. The van der Waals surface area contributed by atoms with Crippen LogP contribution in [-0.4, -0.2) is 138 Å². The van der Waals surface area contributed by atoms with Crippen molar-refractivity contribution < 1.29 is 77.7 Å². The van der Waals surface area contributed by atoms with Crippen molar-refractivity contribution in [1.82, 2.24) is 16.0 Å². The standard InChI is InChI=1S/C39H61N5O16/c1-20(2)26(45)11-14-56-16-17-57-15-12-28(46)44-29(21(3)4)35(51)43-25(8-7-13-41-39(40)55)34(50)42-24-10-9-23(19-58-37(54)22(5)6)18-27(24)59-38-32(49)30(47)31(48)33(60-38)36(52)53/h9-10,18,20-22,25,29-33,38,47-49H,7-8,11-17,19H2,1-6H3,(H,42,50)(H,43,51)(H,44,46)(H,52,53)(H3,40,41,55)/t25-,29-,30-,31-,32+,33-,38+/m0/s1. The first-order valence-corrected chi connectivity index (χ1v) is 19.7. The minimum Gasteiger partial charge on any atom is -0.479 e. The van der Waals surface area contributed by atoms with Crippen molar-refractivity contribution in [2.24, 2.45) is 23.5 Å². The number of primary amides is 1. The van der Waals surface area contributed by atoms with Gasteiger partial charge in [-0.3, -0.25) is 24.0 Å². The summed E-state index contributed by atoms with van der Waals surface area (Å²) in [7, 11) is 0. The molecule has 60 heavy (non-hydrogen) atoms. The molecule has 0 aromatic heterocycles. The Bertz CT molecular complexity index is 1610. The zero-order chi connectivity index (χ0) is 45.1. The summed E-state index contributed by atoms with van der Waals surface area (Å²) in [5.41, 5.74) is 5.40. The highest BCUT2D eigenvalue weighted by molar-refractivity contribution is 5.99. The van der Waals surface area contributed by atoms with Gasteiger partial charge in [-0.15, -0.1) is 0 Å². The van der Waals surface area contributed by atoms with E-state index in [1.807, 2.05) is 13.8 Å². The summed E-state index contributed by atoms with van der Waals surface area (Å²) >= 11 is 0. The first-order valence-electron chi connectivity index (χ1n) is 19.7. The van der Waals surface area contributed by atoms with Crippen LogP contribution in [0.4, 0.5) is 10.5 Å². The second-order valence-corrected chi connectivity index (χ2v) is 15.1. The van der Waals surface area contributed by atoms with Crippen LogP contribution in [0.3, 0.4) is 0 Å². The number of nitrogens with one attached hydrogen (secondary N) is 4. The molecule has 21 nitrogen and oxygen atoms in total. The average Bonchev–Trinajstić information content (AvgIpc) is 3.18. The van der Waals surface area contributed by atoms with Crippen LogP contribution in [0.5, 0.6) is 5.75 Å². The number of carbonyl (C=O) groups is 7. The number of aliphatic carboxylic acids is 1. The van der Waals surface area contributed by atoms with Gasteiger partial charge >= 0.3 is 18.0 Å². The van der Waals surface area contributed by atoms with Crippen LogP contribution < -0.4 is 31.7 Å². The Hall–Kier alpha value is -4.93. The molecule has 5 amide bonds. The van der Waals surface area contributed by atoms with Gasteiger partial charge in [0.05, 0.1) is 38.0 Å². The number of anilines is 1. The maximum Gasteiger partial charge on any atom is 0.335 e. The number of aliphatic hydroxyl groups is 3. The second kappa shape index (κ2) is 25.6. The van der Waals surface area contributed by atoms with Gasteiger partial charge in [-0.1, -0.05) is 47.6 Å². The fourth-order valence-electron chi connectivity index (χ4n) is 5.45. The lowest BCUT2D eigenvalue weighted by molar-refractivity contribution is -0.271. The van der Waals surface area contributed by atoms with Crippen molar-refractivity contribution in [1.29, 1.82) is 0 Å². The van der Waals surface area contributed by atoms with E-state index in [-0.39, 0.29) is 82.0 Å². The Morgan fingerprint density at radius 2 is 1.47 bits per heavy atom. The maximum atomic E-state index is 13.9. The number of urea groups is 1. The molecule has 0 saturated carbocycles. The van der Waals surface area contributed by atoms with E-state index < -0.39 is 90.3 Å². The average molecular weight is 856 g/mol. The van der Waals surface area contributed by atoms with Crippen LogP contribution in [0.2, 0.25) is 0 Å². The lowest BCUT2D eigenvalue weighted by atomic mass is 9.99. The Labute approximate surface area is 348 Å². The summed E-state index contributed by atoms with van der Waals surface area (Å²) in [6, 6.07) is 0.900. The highest BCUT2D eigenvalue weighted by Crippen LogP contribution is 2.31. The Morgan fingerprint density at radius 3 is 2.05 bits per heavy atom. The van der Waals surface area contributed by atoms with Crippen molar-refractivity contribution >= 4 is 47.2 Å². The van der Waals surface area contributed by atoms with E-state index in [1.54, 1.807) is 27.7 Å². The molecule has 1 aromatic carbocycles. The van der Waals surface area contributed by atoms with E-state index in [0.717, 1.165) is 0 Å². The van der Waals surface area contributed by atoms with Crippen molar-refractivity contribution in [3.63, 3.8) is 0 Å². The number of benzene rings is 1. The molecule has 10 N–H and O–H groups in total. The number of amides is 5. The molecule has 0 spiro atoms. The molecule has 21 heteroatoms. The molecule has 0 bridgehead atoms. The molecule has 0 unspecified atom stereocenters. The number of carboxylic acids is 1. The molecule has 1 aromatic rings. The number of carboxylic acid groups (broad SMARTS) is 1. The van der Waals surface area contributed by atoms with Crippen LogP contribution in [0, 0.1) is 17.8 Å². The molecule has 1 aliphatic heterocycles. The van der Waals surface area contributed by atoms with Gasteiger partial charge in [0.2, 0.25) is 24.0 Å². The van der Waals surface area contributed by atoms with Crippen molar-refractivity contribution in [2.75, 3.05) is 38.3 Å². The van der Waals surface area contributed by atoms with E-state index in [0.29, 0.717) is 12.0 Å². The largest absolute Gasteiger partial charge is 0.479 e. The molecule has 7 atom stereocenters. The molecule has 1 aliphatic rings. The summed E-state index contributed by atoms with van der Waals surface area (Å²) in [5.74, 6) is -5.35. The van der Waals surface area contributed by atoms with Gasteiger partial charge in [-0.2, -0.15) is 0 Å². The molecule has 1 heterocycles. The summed E-state index contributed by atoms with van der Waals surface area (Å²) < 4.78 is 27.2. The number of nitrogens with two attached hydrogens (primary N) is 1. The highest BCUT2D eigenvalue weighted by Gasteiger charge is 2.48. The zero-order valence-corrected chi connectivity index (χ0v) is 34.8. The molecule has 1 saturated heterocycles. The predicted octanol–water partition coefficient (Wildman–Crippen LogP) is -0.292. The van der Waals surface area contributed by atoms with Crippen molar-refractivity contribution in [3.05, 3.63) is 23.8 Å². The first kappa shape index (κ1) is 51.2. The van der Waals surface area contributed by atoms with Gasteiger partial charge < -0.3 is 71.1 Å². The number of rotatable bonds is 26. The molecule has 1 fully saturated rings. The number of hydrogen-bond donors (Lipinski definition) is 9. The van der Waals surface area contributed by atoms with Crippen molar-refractivity contribution in [3.8, 4) is 5.75 Å². The Kier molecular flexibility index (Phi) is 21.9. The normalized spacial score (nSPS) is 19.9. The number of Topliss-reactive ketones (excluding diaryl/α,β-unsaturated/α-hetero) is 1.